The molecule has 1 aliphatic heterocycles. The minimum atomic E-state index is -0.0522. The van der Waals surface area contributed by atoms with Crippen LogP contribution in [0.15, 0.2) is 72.8 Å². The summed E-state index contributed by atoms with van der Waals surface area (Å²) >= 11 is 0. The number of ether oxygens (including phenoxy) is 2. The van der Waals surface area contributed by atoms with Crippen molar-refractivity contribution in [3.05, 3.63) is 84.2 Å². The highest BCUT2D eigenvalue weighted by Gasteiger charge is 2.23. The summed E-state index contributed by atoms with van der Waals surface area (Å²) in [6.45, 7) is 5.42. The van der Waals surface area contributed by atoms with Gasteiger partial charge in [0.05, 0.1) is 17.6 Å². The fourth-order valence-corrected chi connectivity index (χ4v) is 4.09. The number of amides is 1. The van der Waals surface area contributed by atoms with Gasteiger partial charge in [-0.2, -0.15) is 0 Å². The average molecular weight is 428 g/mol. The molecular weight excluding hydrogens is 402 g/mol. The van der Waals surface area contributed by atoms with Crippen molar-refractivity contribution in [2.75, 3.05) is 13.3 Å². The molecule has 0 unspecified atom stereocenters. The minimum absolute atomic E-state index is 0.0522. The molecule has 162 valence electrons. The van der Waals surface area contributed by atoms with Crippen molar-refractivity contribution in [2.24, 2.45) is 5.92 Å². The van der Waals surface area contributed by atoms with Crippen LogP contribution >= 0.6 is 0 Å². The van der Waals surface area contributed by atoms with Gasteiger partial charge in [-0.25, -0.2) is 4.98 Å². The zero-order chi connectivity index (χ0) is 22.1. The molecule has 3 aromatic carbocycles. The molecule has 32 heavy (non-hydrogen) atoms. The Kier molecular flexibility index (Phi) is 5.27. The lowest BCUT2D eigenvalue weighted by Crippen LogP contribution is -2.34. The molecule has 4 aromatic rings. The smallest absolute Gasteiger partial charge is 0.254 e. The van der Waals surface area contributed by atoms with Crippen LogP contribution in [0, 0.1) is 5.92 Å². The van der Waals surface area contributed by atoms with E-state index in [1.54, 1.807) is 18.2 Å². The Balaban J connectivity index is 1.54. The maximum atomic E-state index is 13.5. The molecular formula is C26H25N3O3. The topological polar surface area (TPSA) is 56.6 Å². The first-order chi connectivity index (χ1) is 15.6. The number of para-hydroxylation sites is 3. The first-order valence-corrected chi connectivity index (χ1v) is 10.8. The van der Waals surface area contributed by atoms with Crippen LogP contribution in [0.3, 0.4) is 0 Å². The fraction of sp³-hybridized carbons (Fsp3) is 0.231. The van der Waals surface area contributed by atoms with E-state index in [9.17, 15) is 4.79 Å². The Labute approximate surface area is 187 Å². The van der Waals surface area contributed by atoms with Crippen LogP contribution in [-0.2, 0) is 6.54 Å². The van der Waals surface area contributed by atoms with E-state index in [1.165, 1.54) is 0 Å². The van der Waals surface area contributed by atoms with Crippen molar-refractivity contribution >= 4 is 16.9 Å². The second kappa shape index (κ2) is 8.38. The maximum Gasteiger partial charge on any atom is 0.254 e. The molecule has 0 saturated heterocycles. The summed E-state index contributed by atoms with van der Waals surface area (Å²) < 4.78 is 13.0. The van der Waals surface area contributed by atoms with Gasteiger partial charge in [-0.05, 0) is 48.4 Å². The van der Waals surface area contributed by atoms with Crippen molar-refractivity contribution in [3.8, 4) is 17.2 Å². The van der Waals surface area contributed by atoms with E-state index < -0.39 is 0 Å². The van der Waals surface area contributed by atoms with Gasteiger partial charge in [0.25, 0.3) is 5.91 Å². The van der Waals surface area contributed by atoms with Crippen molar-refractivity contribution in [3.63, 3.8) is 0 Å². The molecule has 0 bridgehead atoms. The van der Waals surface area contributed by atoms with Gasteiger partial charge >= 0.3 is 0 Å². The second-order valence-electron chi connectivity index (χ2n) is 8.34. The largest absolute Gasteiger partial charge is 0.454 e. The predicted molar refractivity (Wildman–Crippen MR) is 123 cm³/mol. The van der Waals surface area contributed by atoms with Crippen LogP contribution in [0.1, 0.15) is 30.0 Å². The highest BCUT2D eigenvalue weighted by Crippen LogP contribution is 2.33. The first kappa shape index (κ1) is 20.1. The lowest BCUT2D eigenvalue weighted by atomic mass is 10.1. The summed E-state index contributed by atoms with van der Waals surface area (Å²) in [4.78, 5) is 20.3. The summed E-state index contributed by atoms with van der Waals surface area (Å²) in [5, 5.41) is 0. The monoisotopic (exact) mass is 427 g/mol. The summed E-state index contributed by atoms with van der Waals surface area (Å²) in [5.74, 6) is 2.36. The highest BCUT2D eigenvalue weighted by atomic mass is 16.7. The number of hydrogen-bond acceptors (Lipinski definition) is 4. The number of carbonyl (C=O) groups excluding carboxylic acids is 1. The minimum Gasteiger partial charge on any atom is -0.454 e. The van der Waals surface area contributed by atoms with E-state index in [0.717, 1.165) is 22.5 Å². The van der Waals surface area contributed by atoms with Gasteiger partial charge in [-0.15, -0.1) is 0 Å². The van der Waals surface area contributed by atoms with Gasteiger partial charge in [0.15, 0.2) is 11.5 Å². The van der Waals surface area contributed by atoms with Crippen LogP contribution in [0.25, 0.3) is 16.7 Å². The van der Waals surface area contributed by atoms with Crippen LogP contribution in [0.5, 0.6) is 11.5 Å². The number of aromatic nitrogens is 2. The third-order valence-corrected chi connectivity index (χ3v) is 5.47. The number of rotatable bonds is 6. The summed E-state index contributed by atoms with van der Waals surface area (Å²) in [5.41, 5.74) is 3.54. The molecule has 6 heteroatoms. The van der Waals surface area contributed by atoms with Crippen LogP contribution < -0.4 is 9.47 Å². The quantitative estimate of drug-likeness (QED) is 0.432. The molecule has 0 saturated carbocycles. The van der Waals surface area contributed by atoms with E-state index in [2.05, 4.69) is 36.6 Å². The Bertz CT molecular complexity index is 1260. The number of benzene rings is 3. The molecule has 0 N–H and O–H groups in total. The van der Waals surface area contributed by atoms with Gasteiger partial charge in [0.1, 0.15) is 5.82 Å². The van der Waals surface area contributed by atoms with E-state index in [4.69, 9.17) is 14.5 Å². The standard InChI is InChI=1S/C26H25N3O3/c1-18(2)15-28(26(30)19-12-13-23-24(14-19)32-17-31-23)16-25-27-21-10-6-7-11-22(21)29(25)20-8-4-3-5-9-20/h3-14,18H,15-17H2,1-2H3. The number of hydrogen-bond donors (Lipinski definition) is 0. The van der Waals surface area contributed by atoms with Crippen molar-refractivity contribution in [1.29, 1.82) is 0 Å². The Morgan fingerprint density at radius 2 is 1.75 bits per heavy atom. The van der Waals surface area contributed by atoms with Gasteiger partial charge in [-0.1, -0.05) is 44.2 Å². The zero-order valence-electron chi connectivity index (χ0n) is 18.2. The molecule has 0 radical (unpaired) electrons. The number of fused-ring (bicyclic) bond motifs is 2. The van der Waals surface area contributed by atoms with Crippen LogP contribution in [-0.4, -0.2) is 33.7 Å². The zero-order valence-corrected chi connectivity index (χ0v) is 18.2. The predicted octanol–water partition coefficient (Wildman–Crippen LogP) is 5.05. The highest BCUT2D eigenvalue weighted by molar-refractivity contribution is 5.95. The second-order valence-corrected chi connectivity index (χ2v) is 8.34. The molecule has 1 aromatic heterocycles. The molecule has 0 atom stereocenters. The van der Waals surface area contributed by atoms with E-state index in [0.29, 0.717) is 36.1 Å². The van der Waals surface area contributed by atoms with Crippen molar-refractivity contribution < 1.29 is 14.3 Å². The lowest BCUT2D eigenvalue weighted by molar-refractivity contribution is 0.0717. The molecule has 6 nitrogen and oxygen atoms in total. The number of imidazole rings is 1. The molecule has 0 spiro atoms. The average Bonchev–Trinajstić information content (AvgIpc) is 3.42. The normalized spacial score (nSPS) is 12.5. The molecule has 1 amide bonds. The van der Waals surface area contributed by atoms with Crippen LogP contribution in [0.4, 0.5) is 0 Å². The maximum absolute atomic E-state index is 13.5. The molecule has 2 heterocycles. The Morgan fingerprint density at radius 3 is 2.56 bits per heavy atom. The van der Waals surface area contributed by atoms with Crippen molar-refractivity contribution in [2.45, 2.75) is 20.4 Å². The fourth-order valence-electron chi connectivity index (χ4n) is 4.09. The van der Waals surface area contributed by atoms with E-state index in [1.807, 2.05) is 41.3 Å². The van der Waals surface area contributed by atoms with Gasteiger partial charge in [0.2, 0.25) is 6.79 Å². The molecule has 0 aliphatic carbocycles. The number of nitrogens with zero attached hydrogens (tertiary/aromatic N) is 3. The van der Waals surface area contributed by atoms with Gasteiger partial charge < -0.3 is 14.4 Å². The lowest BCUT2D eigenvalue weighted by Gasteiger charge is -2.25. The summed E-state index contributed by atoms with van der Waals surface area (Å²) in [6.07, 6.45) is 0. The van der Waals surface area contributed by atoms with Crippen molar-refractivity contribution in [1.82, 2.24) is 14.5 Å². The summed E-state index contributed by atoms with van der Waals surface area (Å²) in [6, 6.07) is 23.6. The molecule has 0 fully saturated rings. The third-order valence-electron chi connectivity index (χ3n) is 5.47. The Morgan fingerprint density at radius 1 is 1.00 bits per heavy atom. The number of carbonyl (C=O) groups is 1. The van der Waals surface area contributed by atoms with Gasteiger partial charge in [-0.3, -0.25) is 9.36 Å². The summed E-state index contributed by atoms with van der Waals surface area (Å²) in [7, 11) is 0. The van der Waals surface area contributed by atoms with Crippen LogP contribution in [0.2, 0.25) is 0 Å². The molecule has 1 aliphatic rings. The molecule has 5 rings (SSSR count). The first-order valence-electron chi connectivity index (χ1n) is 10.8. The third kappa shape index (κ3) is 3.80. The Hall–Kier alpha value is -3.80. The van der Waals surface area contributed by atoms with E-state index in [-0.39, 0.29) is 12.7 Å². The van der Waals surface area contributed by atoms with E-state index >= 15 is 0 Å². The van der Waals surface area contributed by atoms with Gasteiger partial charge in [0, 0.05) is 17.8 Å². The SMILES string of the molecule is CC(C)CN(Cc1nc2ccccc2n1-c1ccccc1)C(=O)c1ccc2c(c1)OCO2.